The normalized spacial score (nSPS) is 9.00. The number of aromatic nitrogens is 1. The van der Waals surface area contributed by atoms with Crippen LogP contribution in [0.3, 0.4) is 0 Å². The fourth-order valence-electron chi connectivity index (χ4n) is 0.746. The molecule has 0 spiro atoms. The number of rotatable bonds is 2. The Labute approximate surface area is 68.5 Å². The van der Waals surface area contributed by atoms with E-state index in [4.69, 9.17) is 5.26 Å². The minimum atomic E-state index is -0.683. The molecule has 1 aromatic heterocycles. The summed E-state index contributed by atoms with van der Waals surface area (Å²) in [5.41, 5.74) is -0.265. The highest BCUT2D eigenvalue weighted by Crippen LogP contribution is 2.04. The predicted molar refractivity (Wildman–Crippen MR) is 38.8 cm³/mol. The number of halogens is 1. The van der Waals surface area contributed by atoms with Crippen molar-refractivity contribution in [2.45, 2.75) is 6.42 Å². The first-order valence-corrected chi connectivity index (χ1v) is 3.26. The first-order chi connectivity index (χ1) is 5.75. The highest BCUT2D eigenvalue weighted by atomic mass is 19.1. The van der Waals surface area contributed by atoms with Crippen molar-refractivity contribution in [2.24, 2.45) is 0 Å². The molecule has 3 nitrogen and oxygen atoms in total. The van der Waals surface area contributed by atoms with Gasteiger partial charge in [0, 0.05) is 6.20 Å². The van der Waals surface area contributed by atoms with E-state index in [2.05, 4.69) is 4.98 Å². The van der Waals surface area contributed by atoms with E-state index in [1.165, 1.54) is 12.3 Å². The Balaban J connectivity index is 2.97. The van der Waals surface area contributed by atoms with Gasteiger partial charge < -0.3 is 0 Å². The van der Waals surface area contributed by atoms with Gasteiger partial charge in [-0.1, -0.05) is 0 Å². The minimum absolute atomic E-state index is 0.265. The highest BCUT2D eigenvalue weighted by Gasteiger charge is 2.11. The van der Waals surface area contributed by atoms with Crippen molar-refractivity contribution in [3.05, 3.63) is 29.8 Å². The molecule has 0 saturated heterocycles. The van der Waals surface area contributed by atoms with Crippen molar-refractivity contribution >= 4 is 5.78 Å². The maximum absolute atomic E-state index is 12.8. The van der Waals surface area contributed by atoms with Crippen LogP contribution in [0.15, 0.2) is 18.3 Å². The van der Waals surface area contributed by atoms with Gasteiger partial charge in [-0.2, -0.15) is 5.26 Å². The van der Waals surface area contributed by atoms with Gasteiger partial charge in [-0.25, -0.2) is 9.37 Å². The summed E-state index contributed by atoms with van der Waals surface area (Å²) in [5, 5.41) is 8.17. The molecule has 0 atom stereocenters. The third-order valence-electron chi connectivity index (χ3n) is 1.26. The Hall–Kier alpha value is -1.76. The fourth-order valence-corrected chi connectivity index (χ4v) is 0.746. The van der Waals surface area contributed by atoms with E-state index in [1.807, 2.05) is 0 Å². The molecule has 1 aromatic rings. The second-order valence-electron chi connectivity index (χ2n) is 2.09. The van der Waals surface area contributed by atoms with E-state index >= 15 is 0 Å². The zero-order valence-corrected chi connectivity index (χ0v) is 6.12. The van der Waals surface area contributed by atoms with Crippen molar-refractivity contribution < 1.29 is 9.18 Å². The number of nitrogens with zero attached hydrogens (tertiary/aromatic N) is 2. The van der Waals surface area contributed by atoms with Crippen LogP contribution in [0.1, 0.15) is 16.9 Å². The molecule has 0 aliphatic rings. The lowest BCUT2D eigenvalue weighted by Gasteiger charge is -1.95. The van der Waals surface area contributed by atoms with E-state index in [-0.39, 0.29) is 12.1 Å². The van der Waals surface area contributed by atoms with Gasteiger partial charge in [-0.05, 0) is 12.1 Å². The molecule has 0 aliphatic carbocycles. The fraction of sp³-hybridized carbons (Fsp3) is 0.125. The molecule has 0 bridgehead atoms. The molecule has 0 aromatic carbocycles. The van der Waals surface area contributed by atoms with Crippen LogP contribution in [0.5, 0.6) is 0 Å². The molecule has 0 N–H and O–H groups in total. The third-order valence-corrected chi connectivity index (χ3v) is 1.26. The van der Waals surface area contributed by atoms with Crippen molar-refractivity contribution in [3.8, 4) is 6.07 Å². The lowest BCUT2D eigenvalue weighted by atomic mass is 10.2. The Morgan fingerprint density at radius 2 is 2.50 bits per heavy atom. The molecule has 0 aliphatic heterocycles. The molecule has 12 heavy (non-hydrogen) atoms. The molecule has 0 unspecified atom stereocenters. The van der Waals surface area contributed by atoms with Crippen LogP contribution >= 0.6 is 0 Å². The van der Waals surface area contributed by atoms with E-state index in [9.17, 15) is 9.18 Å². The van der Waals surface area contributed by atoms with Gasteiger partial charge in [-0.3, -0.25) is 4.79 Å². The van der Waals surface area contributed by atoms with Crippen molar-refractivity contribution in [2.75, 3.05) is 0 Å². The predicted octanol–water partition coefficient (Wildman–Crippen LogP) is 1.32. The van der Waals surface area contributed by atoms with Crippen molar-refractivity contribution in [1.82, 2.24) is 4.98 Å². The number of ketones is 1. The summed E-state index contributed by atoms with van der Waals surface area (Å²) in [7, 11) is 0. The summed E-state index contributed by atoms with van der Waals surface area (Å²) < 4.78 is 12.8. The zero-order chi connectivity index (χ0) is 8.97. The quantitative estimate of drug-likeness (QED) is 0.619. The molecule has 0 radical (unpaired) electrons. The van der Waals surface area contributed by atoms with Crippen molar-refractivity contribution in [3.63, 3.8) is 0 Å². The summed E-state index contributed by atoms with van der Waals surface area (Å²) in [6.45, 7) is 0. The second-order valence-corrected chi connectivity index (χ2v) is 2.09. The van der Waals surface area contributed by atoms with Gasteiger partial charge in [0.15, 0.2) is 11.6 Å². The number of pyridine rings is 1. The molecule has 4 heteroatoms. The van der Waals surface area contributed by atoms with Crippen molar-refractivity contribution in [1.29, 1.82) is 5.26 Å². The monoisotopic (exact) mass is 164 g/mol. The first-order valence-electron chi connectivity index (χ1n) is 3.26. The molecule has 1 heterocycles. The van der Waals surface area contributed by atoms with Crippen LogP contribution in [0, 0.1) is 17.1 Å². The number of carbonyl (C=O) groups is 1. The number of hydrogen-bond donors (Lipinski definition) is 0. The van der Waals surface area contributed by atoms with Gasteiger partial charge in [0.25, 0.3) is 0 Å². The molecular weight excluding hydrogens is 159 g/mol. The summed E-state index contributed by atoms with van der Waals surface area (Å²) in [6, 6.07) is 4.16. The highest BCUT2D eigenvalue weighted by molar-refractivity contribution is 5.95. The summed E-state index contributed by atoms with van der Waals surface area (Å²) in [6.07, 6.45) is 0.974. The van der Waals surface area contributed by atoms with E-state index < -0.39 is 11.6 Å². The maximum Gasteiger partial charge on any atom is 0.198 e. The summed E-state index contributed by atoms with van der Waals surface area (Å²) in [5.74, 6) is -1.27. The summed E-state index contributed by atoms with van der Waals surface area (Å²) in [4.78, 5) is 14.5. The van der Waals surface area contributed by atoms with Gasteiger partial charge in [0.05, 0.1) is 6.07 Å². The zero-order valence-electron chi connectivity index (χ0n) is 6.12. The Morgan fingerprint density at radius 3 is 3.08 bits per heavy atom. The molecule has 0 saturated carbocycles. The first kappa shape index (κ1) is 8.34. The number of carbonyl (C=O) groups excluding carboxylic acids is 1. The minimum Gasteiger partial charge on any atom is -0.291 e. The van der Waals surface area contributed by atoms with Gasteiger partial charge >= 0.3 is 0 Å². The van der Waals surface area contributed by atoms with Gasteiger partial charge in [-0.15, -0.1) is 0 Å². The van der Waals surface area contributed by atoms with Crippen LogP contribution in [-0.4, -0.2) is 10.8 Å². The number of nitriles is 1. The number of hydrogen-bond acceptors (Lipinski definition) is 3. The van der Waals surface area contributed by atoms with Gasteiger partial charge in [0.1, 0.15) is 12.1 Å². The Kier molecular flexibility index (Phi) is 2.49. The average Bonchev–Trinajstić information content (AvgIpc) is 2.05. The van der Waals surface area contributed by atoms with Crippen LogP contribution in [0.2, 0.25) is 0 Å². The van der Waals surface area contributed by atoms with Gasteiger partial charge in [0.2, 0.25) is 0 Å². The SMILES string of the molecule is N#CCC(=O)c1ncccc1F. The second kappa shape index (κ2) is 3.58. The van der Waals surface area contributed by atoms with Crippen LogP contribution in [-0.2, 0) is 0 Å². The Morgan fingerprint density at radius 1 is 1.75 bits per heavy atom. The standard InChI is InChI=1S/C8H5FN2O/c9-6-2-1-5-11-8(6)7(12)3-4-10/h1-2,5H,3H2. The molecule has 0 fully saturated rings. The smallest absolute Gasteiger partial charge is 0.198 e. The van der Waals surface area contributed by atoms with Crippen LogP contribution in [0.4, 0.5) is 4.39 Å². The summed E-state index contributed by atoms with van der Waals surface area (Å²) >= 11 is 0. The molecule has 0 amide bonds. The Bertz CT molecular complexity index is 343. The van der Waals surface area contributed by atoms with E-state index in [1.54, 1.807) is 6.07 Å². The lowest BCUT2D eigenvalue weighted by molar-refractivity contribution is 0.0989. The van der Waals surface area contributed by atoms with E-state index in [0.717, 1.165) is 6.07 Å². The molecular formula is C8H5FN2O. The largest absolute Gasteiger partial charge is 0.291 e. The number of Topliss-reactive ketones (excluding diaryl/α,β-unsaturated/α-hetero) is 1. The van der Waals surface area contributed by atoms with Crippen LogP contribution in [0.25, 0.3) is 0 Å². The third kappa shape index (κ3) is 1.64. The molecule has 1 rings (SSSR count). The van der Waals surface area contributed by atoms with E-state index in [0.29, 0.717) is 0 Å². The molecule has 60 valence electrons. The average molecular weight is 164 g/mol. The van der Waals surface area contributed by atoms with Crippen LogP contribution < -0.4 is 0 Å². The maximum atomic E-state index is 12.8. The topological polar surface area (TPSA) is 53.8 Å². The lowest BCUT2D eigenvalue weighted by Crippen LogP contribution is -2.03.